The van der Waals surface area contributed by atoms with Crippen LogP contribution in [0.15, 0.2) is 18.5 Å². The molecule has 2 aromatic heterocycles. The first-order valence-corrected chi connectivity index (χ1v) is 6.18. The van der Waals surface area contributed by atoms with Crippen LogP contribution in [-0.4, -0.2) is 20.4 Å². The Bertz CT molecular complexity index is 478. The maximum Gasteiger partial charge on any atom is 0.111 e. The molecule has 2 aromatic rings. The average molecular weight is 238 g/mol. The molecule has 1 atom stereocenters. The van der Waals surface area contributed by atoms with Crippen molar-refractivity contribution in [2.75, 3.05) is 5.88 Å². The second kappa shape index (κ2) is 4.83. The molecule has 1 unspecified atom stereocenters. The molecule has 0 N–H and O–H groups in total. The number of aryl methyl sites for hydroxylation is 1. The molecular formula is C12H16ClN3. The first kappa shape index (κ1) is 11.4. The van der Waals surface area contributed by atoms with Crippen molar-refractivity contribution in [3.63, 3.8) is 0 Å². The van der Waals surface area contributed by atoms with Gasteiger partial charge in [-0.2, -0.15) is 0 Å². The Morgan fingerprint density at radius 3 is 3.00 bits per heavy atom. The summed E-state index contributed by atoms with van der Waals surface area (Å²) in [6.45, 7) is 4.39. The van der Waals surface area contributed by atoms with Gasteiger partial charge >= 0.3 is 0 Å². The van der Waals surface area contributed by atoms with Gasteiger partial charge in [-0.15, -0.1) is 11.6 Å². The van der Waals surface area contributed by atoms with E-state index < -0.39 is 0 Å². The van der Waals surface area contributed by atoms with Crippen LogP contribution in [-0.2, 0) is 6.42 Å². The molecule has 2 heterocycles. The van der Waals surface area contributed by atoms with Crippen LogP contribution in [0.1, 0.15) is 32.1 Å². The summed E-state index contributed by atoms with van der Waals surface area (Å²) < 4.78 is 2.28. The van der Waals surface area contributed by atoms with E-state index in [4.69, 9.17) is 11.6 Å². The maximum atomic E-state index is 5.81. The number of rotatable bonds is 4. The summed E-state index contributed by atoms with van der Waals surface area (Å²) in [6, 6.07) is 2.47. The van der Waals surface area contributed by atoms with Crippen LogP contribution < -0.4 is 0 Å². The number of nitrogens with zero attached hydrogens (tertiary/aromatic N) is 3. The van der Waals surface area contributed by atoms with E-state index in [0.29, 0.717) is 11.9 Å². The summed E-state index contributed by atoms with van der Waals surface area (Å²) in [4.78, 5) is 8.69. The van der Waals surface area contributed by atoms with Gasteiger partial charge in [-0.25, -0.2) is 4.98 Å². The lowest BCUT2D eigenvalue weighted by molar-refractivity contribution is 0.524. The number of fused-ring (bicyclic) bond motifs is 1. The van der Waals surface area contributed by atoms with Crippen molar-refractivity contribution in [2.45, 2.75) is 32.7 Å². The topological polar surface area (TPSA) is 30.7 Å². The van der Waals surface area contributed by atoms with Gasteiger partial charge in [-0.3, -0.25) is 4.98 Å². The lowest BCUT2D eigenvalue weighted by Gasteiger charge is -2.15. The Labute approximate surface area is 100 Å². The lowest BCUT2D eigenvalue weighted by atomic mass is 10.2. The minimum atomic E-state index is 0.450. The van der Waals surface area contributed by atoms with Crippen molar-refractivity contribution < 1.29 is 0 Å². The molecule has 4 heteroatoms. The van der Waals surface area contributed by atoms with E-state index in [2.05, 4.69) is 28.4 Å². The normalized spacial score (nSPS) is 13.2. The van der Waals surface area contributed by atoms with Crippen LogP contribution in [0.4, 0.5) is 0 Å². The Morgan fingerprint density at radius 2 is 2.31 bits per heavy atom. The number of imidazole rings is 1. The Balaban J connectivity index is 2.59. The highest BCUT2D eigenvalue weighted by Crippen LogP contribution is 2.22. The van der Waals surface area contributed by atoms with Gasteiger partial charge in [0.2, 0.25) is 0 Å². The van der Waals surface area contributed by atoms with E-state index in [9.17, 15) is 0 Å². The quantitative estimate of drug-likeness (QED) is 0.765. The molecule has 0 aliphatic carbocycles. The van der Waals surface area contributed by atoms with Crippen molar-refractivity contribution in [3.05, 3.63) is 24.3 Å². The van der Waals surface area contributed by atoms with Crippen LogP contribution in [0.5, 0.6) is 0 Å². The number of halogens is 1. The number of pyridine rings is 1. The summed E-state index contributed by atoms with van der Waals surface area (Å²) >= 11 is 5.81. The first-order valence-electron chi connectivity index (χ1n) is 5.64. The smallest absolute Gasteiger partial charge is 0.111 e. The Morgan fingerprint density at radius 1 is 1.50 bits per heavy atom. The van der Waals surface area contributed by atoms with Gasteiger partial charge < -0.3 is 4.57 Å². The third-order valence-corrected chi connectivity index (χ3v) is 3.10. The molecule has 86 valence electrons. The number of hydrogen-bond acceptors (Lipinski definition) is 2. The van der Waals surface area contributed by atoms with Gasteiger partial charge in [0, 0.05) is 24.5 Å². The molecule has 0 fully saturated rings. The highest BCUT2D eigenvalue weighted by molar-refractivity contribution is 6.17. The molecule has 0 bridgehead atoms. The van der Waals surface area contributed by atoms with E-state index in [0.717, 1.165) is 29.7 Å². The van der Waals surface area contributed by atoms with E-state index >= 15 is 0 Å². The summed E-state index contributed by atoms with van der Waals surface area (Å²) in [5, 5.41) is 0. The van der Waals surface area contributed by atoms with Crippen LogP contribution in [0.2, 0.25) is 0 Å². The highest BCUT2D eigenvalue weighted by atomic mass is 35.5. The summed E-state index contributed by atoms with van der Waals surface area (Å²) in [7, 11) is 0. The molecule has 0 aliphatic heterocycles. The van der Waals surface area contributed by atoms with Crippen LogP contribution in [0, 0.1) is 0 Å². The van der Waals surface area contributed by atoms with Crippen molar-refractivity contribution in [1.82, 2.24) is 14.5 Å². The largest absolute Gasteiger partial charge is 0.325 e. The Hall–Kier alpha value is -1.09. The fraction of sp³-hybridized carbons (Fsp3) is 0.500. The molecule has 3 nitrogen and oxygen atoms in total. The molecule has 16 heavy (non-hydrogen) atoms. The monoisotopic (exact) mass is 237 g/mol. The average Bonchev–Trinajstić information content (AvgIpc) is 2.66. The van der Waals surface area contributed by atoms with E-state index in [-0.39, 0.29) is 0 Å². The van der Waals surface area contributed by atoms with Gasteiger partial charge in [-0.05, 0) is 19.4 Å². The molecule has 0 amide bonds. The predicted molar refractivity (Wildman–Crippen MR) is 67.0 cm³/mol. The maximum absolute atomic E-state index is 5.81. The van der Waals surface area contributed by atoms with E-state index in [1.54, 1.807) is 0 Å². The molecule has 0 saturated carbocycles. The van der Waals surface area contributed by atoms with Crippen molar-refractivity contribution in [3.8, 4) is 0 Å². The first-order chi connectivity index (χ1) is 7.77. The fourth-order valence-electron chi connectivity index (χ4n) is 1.94. The zero-order valence-corrected chi connectivity index (χ0v) is 10.4. The van der Waals surface area contributed by atoms with Crippen LogP contribution >= 0.6 is 11.6 Å². The number of hydrogen-bond donors (Lipinski definition) is 0. The standard InChI is InChI=1S/C12H16ClN3/c1-3-9(2)16-11-5-7-14-8-10(11)15-12(16)4-6-13/h5,7-9H,3-4,6H2,1-2H3. The van der Waals surface area contributed by atoms with Crippen LogP contribution in [0.25, 0.3) is 11.0 Å². The second-order valence-corrected chi connectivity index (χ2v) is 4.34. The molecule has 2 rings (SSSR count). The minimum Gasteiger partial charge on any atom is -0.325 e. The minimum absolute atomic E-state index is 0.450. The van der Waals surface area contributed by atoms with Gasteiger partial charge in [0.15, 0.2) is 0 Å². The van der Waals surface area contributed by atoms with Gasteiger partial charge in [0.25, 0.3) is 0 Å². The molecule has 0 spiro atoms. The third-order valence-electron chi connectivity index (χ3n) is 2.91. The zero-order valence-electron chi connectivity index (χ0n) is 9.65. The van der Waals surface area contributed by atoms with Crippen molar-refractivity contribution in [1.29, 1.82) is 0 Å². The van der Waals surface area contributed by atoms with Gasteiger partial charge in [-0.1, -0.05) is 6.92 Å². The highest BCUT2D eigenvalue weighted by Gasteiger charge is 2.13. The molecular weight excluding hydrogens is 222 g/mol. The third kappa shape index (κ3) is 1.92. The van der Waals surface area contributed by atoms with E-state index in [1.807, 2.05) is 18.5 Å². The van der Waals surface area contributed by atoms with Gasteiger partial charge in [0.1, 0.15) is 11.3 Å². The SMILES string of the molecule is CCC(C)n1c(CCCl)nc2cnccc21. The number of alkyl halides is 1. The van der Waals surface area contributed by atoms with Crippen molar-refractivity contribution in [2.24, 2.45) is 0 Å². The second-order valence-electron chi connectivity index (χ2n) is 3.96. The predicted octanol–water partition coefficient (Wildman–Crippen LogP) is 3.18. The zero-order chi connectivity index (χ0) is 11.5. The summed E-state index contributed by atoms with van der Waals surface area (Å²) in [5.74, 6) is 1.67. The fourth-order valence-corrected chi connectivity index (χ4v) is 2.10. The lowest BCUT2D eigenvalue weighted by Crippen LogP contribution is -2.09. The molecule has 0 aliphatic rings. The molecule has 0 radical (unpaired) electrons. The van der Waals surface area contributed by atoms with E-state index in [1.165, 1.54) is 0 Å². The van der Waals surface area contributed by atoms with Crippen molar-refractivity contribution >= 4 is 22.6 Å². The molecule has 0 saturated heterocycles. The number of aromatic nitrogens is 3. The summed E-state index contributed by atoms with van der Waals surface area (Å²) in [6.07, 6.45) is 5.52. The Kier molecular flexibility index (Phi) is 3.44. The summed E-state index contributed by atoms with van der Waals surface area (Å²) in [5.41, 5.74) is 2.12. The molecule has 0 aromatic carbocycles. The van der Waals surface area contributed by atoms with Gasteiger partial charge in [0.05, 0.1) is 11.7 Å². The van der Waals surface area contributed by atoms with Crippen LogP contribution in [0.3, 0.4) is 0 Å².